The van der Waals surface area contributed by atoms with Crippen LogP contribution in [-0.4, -0.2) is 0 Å². The van der Waals surface area contributed by atoms with E-state index in [1.165, 1.54) is 34.2 Å². The van der Waals surface area contributed by atoms with E-state index in [-0.39, 0.29) is 6.67 Å². The summed E-state index contributed by atoms with van der Waals surface area (Å²) in [7, 11) is 0. The van der Waals surface area contributed by atoms with Gasteiger partial charge in [-0.1, -0.05) is 95.1 Å². The number of allylic oxidation sites excluding steroid dienone is 1. The summed E-state index contributed by atoms with van der Waals surface area (Å²) in [4.78, 5) is 0. The Labute approximate surface area is 184 Å². The third-order valence-corrected chi connectivity index (χ3v) is 6.78. The van der Waals surface area contributed by atoms with Crippen molar-refractivity contribution in [2.75, 3.05) is 0 Å². The number of hydrogen-bond acceptors (Lipinski definition) is 0. The summed E-state index contributed by atoms with van der Waals surface area (Å²) in [5, 5.41) is 0. The summed E-state index contributed by atoms with van der Waals surface area (Å²) in [5.41, 5.74) is 7.38. The second-order valence-electron chi connectivity index (χ2n) is 9.17. The molecule has 0 nitrogen and oxygen atoms in total. The average Bonchev–Trinajstić information content (AvgIpc) is 2.76. The van der Waals surface area contributed by atoms with Gasteiger partial charge in [-0.15, -0.1) is 0 Å². The fourth-order valence-corrected chi connectivity index (χ4v) is 4.42. The van der Waals surface area contributed by atoms with Crippen molar-refractivity contribution in [1.82, 2.24) is 0 Å². The molecule has 0 amide bonds. The quantitative estimate of drug-likeness (QED) is 0.328. The van der Waals surface area contributed by atoms with Crippen LogP contribution in [0, 0.1) is 12.8 Å². The molecule has 0 radical (unpaired) electrons. The molecule has 0 N–H and O–H groups in total. The summed E-state index contributed by atoms with van der Waals surface area (Å²) in [6, 6.07) is 15.1. The van der Waals surface area contributed by atoms with E-state index in [1.807, 2.05) is 12.1 Å². The van der Waals surface area contributed by atoms with Crippen LogP contribution < -0.4 is 0 Å². The second kappa shape index (κ2) is 12.1. The van der Waals surface area contributed by atoms with E-state index < -0.39 is 0 Å². The number of hydrogen-bond donors (Lipinski definition) is 0. The fourth-order valence-electron chi connectivity index (χ4n) is 4.42. The Morgan fingerprint density at radius 3 is 2.43 bits per heavy atom. The highest BCUT2D eigenvalue weighted by Gasteiger charge is 2.15. The molecule has 0 bridgehead atoms. The van der Waals surface area contributed by atoms with Gasteiger partial charge in [0.05, 0.1) is 0 Å². The first-order chi connectivity index (χ1) is 14.4. The molecule has 2 aromatic carbocycles. The molecule has 0 aromatic heterocycles. The van der Waals surface area contributed by atoms with Gasteiger partial charge in [0.1, 0.15) is 6.67 Å². The molecule has 0 spiro atoms. The molecule has 0 heterocycles. The number of aryl methyl sites for hydroxylation is 1. The van der Waals surface area contributed by atoms with Crippen LogP contribution in [0.2, 0.25) is 0 Å². The van der Waals surface area contributed by atoms with E-state index in [0.717, 1.165) is 37.7 Å². The van der Waals surface area contributed by atoms with Gasteiger partial charge in [0.25, 0.3) is 0 Å². The third-order valence-electron chi connectivity index (χ3n) is 6.78. The first kappa shape index (κ1) is 24.4. The topological polar surface area (TPSA) is 0 Å². The first-order valence-corrected chi connectivity index (χ1v) is 11.8. The standard InChI is InChI=1S/C29H41F/c1-7-11-26(27-15-10-13-25(18-27)20-30)14-9-12-23(5)28-16-21(3)17-29(19-28)24(6)22(4)8-2/h10,13,15-19,22,24,26H,5,7-9,11-12,14,20H2,1-4,6H3. The molecule has 0 aliphatic carbocycles. The number of rotatable bonds is 12. The molecule has 2 rings (SSSR count). The van der Waals surface area contributed by atoms with E-state index in [0.29, 0.717) is 17.8 Å². The van der Waals surface area contributed by atoms with Gasteiger partial charge in [-0.25, -0.2) is 4.39 Å². The normalized spacial score (nSPS) is 14.3. The summed E-state index contributed by atoms with van der Waals surface area (Å²) < 4.78 is 13.1. The largest absolute Gasteiger partial charge is 0.246 e. The zero-order valence-electron chi connectivity index (χ0n) is 19.8. The molecule has 3 atom stereocenters. The van der Waals surface area contributed by atoms with Gasteiger partial charge in [-0.05, 0) is 78.2 Å². The lowest BCUT2D eigenvalue weighted by atomic mass is 9.84. The summed E-state index contributed by atoms with van der Waals surface area (Å²) in [5.74, 6) is 1.76. The second-order valence-corrected chi connectivity index (χ2v) is 9.17. The van der Waals surface area contributed by atoms with Crippen LogP contribution >= 0.6 is 0 Å². The van der Waals surface area contributed by atoms with Crippen molar-refractivity contribution in [2.24, 2.45) is 5.92 Å². The van der Waals surface area contributed by atoms with Gasteiger partial charge < -0.3 is 0 Å². The first-order valence-electron chi connectivity index (χ1n) is 11.8. The molecule has 0 saturated heterocycles. The SMILES string of the molecule is C=C(CCCC(CCC)c1cccc(CF)c1)c1cc(C)cc(C(C)C(C)CC)c1. The molecule has 0 fully saturated rings. The van der Waals surface area contributed by atoms with Crippen LogP contribution in [0.3, 0.4) is 0 Å². The monoisotopic (exact) mass is 408 g/mol. The van der Waals surface area contributed by atoms with Crippen LogP contribution in [0.15, 0.2) is 49.0 Å². The van der Waals surface area contributed by atoms with Crippen molar-refractivity contribution in [3.05, 3.63) is 76.9 Å². The van der Waals surface area contributed by atoms with Gasteiger partial charge >= 0.3 is 0 Å². The van der Waals surface area contributed by atoms with Gasteiger partial charge in [-0.2, -0.15) is 0 Å². The van der Waals surface area contributed by atoms with E-state index in [4.69, 9.17) is 0 Å². The minimum absolute atomic E-state index is 0.381. The molecular formula is C29H41F. The maximum absolute atomic E-state index is 13.1. The number of alkyl halides is 1. The van der Waals surface area contributed by atoms with Crippen molar-refractivity contribution < 1.29 is 4.39 Å². The van der Waals surface area contributed by atoms with Gasteiger partial charge in [0.15, 0.2) is 0 Å². The third kappa shape index (κ3) is 6.83. The zero-order valence-corrected chi connectivity index (χ0v) is 19.8. The van der Waals surface area contributed by atoms with Crippen molar-refractivity contribution in [3.63, 3.8) is 0 Å². The lowest BCUT2D eigenvalue weighted by Gasteiger charge is -2.21. The Morgan fingerprint density at radius 2 is 1.77 bits per heavy atom. The Kier molecular flexibility index (Phi) is 9.82. The fraction of sp³-hybridized carbons (Fsp3) is 0.517. The summed E-state index contributed by atoms with van der Waals surface area (Å²) >= 11 is 0. The molecule has 0 saturated carbocycles. The Bertz CT molecular complexity index is 804. The van der Waals surface area contributed by atoms with E-state index in [9.17, 15) is 4.39 Å². The van der Waals surface area contributed by atoms with E-state index in [1.54, 1.807) is 0 Å². The lowest BCUT2D eigenvalue weighted by molar-refractivity contribution is 0.473. The van der Waals surface area contributed by atoms with Gasteiger partial charge in [0, 0.05) is 0 Å². The maximum Gasteiger partial charge on any atom is 0.115 e. The molecular weight excluding hydrogens is 367 g/mol. The van der Waals surface area contributed by atoms with Gasteiger partial charge in [0.2, 0.25) is 0 Å². The van der Waals surface area contributed by atoms with Crippen LogP contribution in [0.4, 0.5) is 4.39 Å². The predicted octanol–water partition coefficient (Wildman–Crippen LogP) is 9.38. The summed E-state index contributed by atoms with van der Waals surface area (Å²) in [6.45, 7) is 15.4. The van der Waals surface area contributed by atoms with E-state index >= 15 is 0 Å². The van der Waals surface area contributed by atoms with Crippen LogP contribution in [-0.2, 0) is 6.67 Å². The maximum atomic E-state index is 13.1. The smallest absolute Gasteiger partial charge is 0.115 e. The summed E-state index contributed by atoms with van der Waals surface area (Å²) in [6.07, 6.45) is 6.78. The van der Waals surface area contributed by atoms with Gasteiger partial charge in [-0.3, -0.25) is 0 Å². The van der Waals surface area contributed by atoms with E-state index in [2.05, 4.69) is 71.5 Å². The number of halogens is 1. The molecule has 164 valence electrons. The van der Waals surface area contributed by atoms with Crippen molar-refractivity contribution in [3.8, 4) is 0 Å². The minimum atomic E-state index is -0.381. The molecule has 0 aliphatic heterocycles. The van der Waals surface area contributed by atoms with Crippen LogP contribution in [0.25, 0.3) is 5.57 Å². The number of benzene rings is 2. The molecule has 30 heavy (non-hydrogen) atoms. The molecule has 1 heteroatoms. The highest BCUT2D eigenvalue weighted by molar-refractivity contribution is 5.64. The predicted molar refractivity (Wildman–Crippen MR) is 131 cm³/mol. The Hall–Kier alpha value is -1.89. The Morgan fingerprint density at radius 1 is 1.00 bits per heavy atom. The van der Waals surface area contributed by atoms with Crippen LogP contribution in [0.1, 0.15) is 106 Å². The van der Waals surface area contributed by atoms with Crippen molar-refractivity contribution in [1.29, 1.82) is 0 Å². The van der Waals surface area contributed by atoms with Crippen molar-refractivity contribution >= 4 is 5.57 Å². The average molecular weight is 409 g/mol. The van der Waals surface area contributed by atoms with Crippen molar-refractivity contribution in [2.45, 2.75) is 91.7 Å². The van der Waals surface area contributed by atoms with Crippen LogP contribution in [0.5, 0.6) is 0 Å². The zero-order chi connectivity index (χ0) is 22.1. The Balaban J connectivity index is 2.04. The molecule has 3 unspecified atom stereocenters. The highest BCUT2D eigenvalue weighted by Crippen LogP contribution is 2.32. The molecule has 2 aromatic rings. The highest BCUT2D eigenvalue weighted by atomic mass is 19.1. The minimum Gasteiger partial charge on any atom is -0.246 e. The molecule has 0 aliphatic rings. The lowest BCUT2D eigenvalue weighted by Crippen LogP contribution is -2.06.